The molecule has 0 aliphatic rings. The van der Waals surface area contributed by atoms with Crippen LogP contribution in [0.15, 0.2) is 34.9 Å². The molecule has 1 heterocycles. The van der Waals surface area contributed by atoms with Crippen molar-refractivity contribution < 1.29 is 13.7 Å². The van der Waals surface area contributed by atoms with Gasteiger partial charge in [-0.2, -0.15) is 0 Å². The van der Waals surface area contributed by atoms with E-state index in [-0.39, 0.29) is 11.7 Å². The summed E-state index contributed by atoms with van der Waals surface area (Å²) in [6.07, 6.45) is 0. The topological polar surface area (TPSA) is 67.2 Å². The molecule has 0 bridgehead atoms. The van der Waals surface area contributed by atoms with Crippen molar-refractivity contribution in [1.29, 1.82) is 0 Å². The average molecular weight is 263 g/mol. The fourth-order valence-corrected chi connectivity index (χ4v) is 1.58. The number of anilines is 1. The number of urea groups is 1. The fourth-order valence-electron chi connectivity index (χ4n) is 1.58. The van der Waals surface area contributed by atoms with Crippen LogP contribution in [0.4, 0.5) is 14.9 Å². The van der Waals surface area contributed by atoms with E-state index < -0.39 is 11.8 Å². The van der Waals surface area contributed by atoms with Gasteiger partial charge in [0.2, 0.25) is 0 Å². The summed E-state index contributed by atoms with van der Waals surface area (Å²) in [5, 5.41) is 8.88. The molecule has 0 saturated heterocycles. The van der Waals surface area contributed by atoms with E-state index in [1.165, 1.54) is 12.1 Å². The van der Waals surface area contributed by atoms with E-state index in [9.17, 15) is 9.18 Å². The molecule has 2 aromatic rings. The molecule has 19 heavy (non-hydrogen) atoms. The van der Waals surface area contributed by atoms with Crippen LogP contribution in [0.3, 0.4) is 0 Å². The molecule has 6 heteroatoms. The zero-order chi connectivity index (χ0) is 13.8. The smallest absolute Gasteiger partial charge is 0.319 e. The molecule has 0 saturated carbocycles. The van der Waals surface area contributed by atoms with Crippen molar-refractivity contribution >= 4 is 11.7 Å². The number of para-hydroxylation sites is 1. The molecular weight excluding hydrogens is 249 g/mol. The van der Waals surface area contributed by atoms with E-state index in [1.807, 2.05) is 0 Å². The Morgan fingerprint density at radius 1 is 1.42 bits per heavy atom. The number of carbonyl (C=O) groups excluding carboxylic acids is 1. The molecule has 2 rings (SSSR count). The van der Waals surface area contributed by atoms with Crippen LogP contribution in [-0.4, -0.2) is 11.2 Å². The van der Waals surface area contributed by atoms with Gasteiger partial charge in [0.05, 0.1) is 11.7 Å². The molecule has 1 unspecified atom stereocenters. The number of rotatable bonds is 3. The number of halogens is 1. The summed E-state index contributed by atoms with van der Waals surface area (Å²) in [7, 11) is 0. The minimum Gasteiger partial charge on any atom is -0.361 e. The van der Waals surface area contributed by atoms with E-state index in [0.717, 1.165) is 0 Å². The standard InChI is InChI=1S/C13H14FN3O2/c1-8-7-12(17-19-8)9(2)15-13(18)16-11-6-4-3-5-10(11)14/h3-7,9H,1-2H3,(H2,15,16,18). The molecule has 1 atom stereocenters. The van der Waals surface area contributed by atoms with Crippen LogP contribution in [0.2, 0.25) is 0 Å². The first-order chi connectivity index (χ1) is 9.06. The number of nitrogens with one attached hydrogen (secondary N) is 2. The van der Waals surface area contributed by atoms with Gasteiger partial charge in [-0.05, 0) is 26.0 Å². The van der Waals surface area contributed by atoms with Gasteiger partial charge in [0.15, 0.2) is 0 Å². The molecule has 0 radical (unpaired) electrons. The SMILES string of the molecule is Cc1cc(C(C)NC(=O)Nc2ccccc2F)no1. The van der Waals surface area contributed by atoms with Crippen molar-refractivity contribution in [3.63, 3.8) is 0 Å². The monoisotopic (exact) mass is 263 g/mol. The van der Waals surface area contributed by atoms with Crippen LogP contribution in [0.1, 0.15) is 24.4 Å². The maximum atomic E-state index is 13.3. The first kappa shape index (κ1) is 13.1. The third-order valence-corrected chi connectivity index (χ3v) is 2.56. The maximum Gasteiger partial charge on any atom is 0.319 e. The lowest BCUT2D eigenvalue weighted by Crippen LogP contribution is -2.31. The van der Waals surface area contributed by atoms with Gasteiger partial charge in [0.1, 0.15) is 17.3 Å². The Morgan fingerprint density at radius 3 is 2.79 bits per heavy atom. The van der Waals surface area contributed by atoms with E-state index in [1.54, 1.807) is 32.0 Å². The number of hydrogen-bond acceptors (Lipinski definition) is 3. The van der Waals surface area contributed by atoms with Gasteiger partial charge < -0.3 is 15.2 Å². The van der Waals surface area contributed by atoms with Gasteiger partial charge in [-0.1, -0.05) is 17.3 Å². The summed E-state index contributed by atoms with van der Waals surface area (Å²) in [5.41, 5.74) is 0.740. The summed E-state index contributed by atoms with van der Waals surface area (Å²) in [6, 6.07) is 6.86. The Kier molecular flexibility index (Phi) is 3.79. The van der Waals surface area contributed by atoms with Crippen molar-refractivity contribution in [2.75, 3.05) is 5.32 Å². The average Bonchev–Trinajstić information content (AvgIpc) is 2.79. The molecule has 1 aromatic carbocycles. The normalized spacial score (nSPS) is 11.9. The van der Waals surface area contributed by atoms with E-state index in [4.69, 9.17) is 4.52 Å². The third kappa shape index (κ3) is 3.31. The zero-order valence-corrected chi connectivity index (χ0v) is 10.6. The molecule has 0 spiro atoms. The number of hydrogen-bond donors (Lipinski definition) is 2. The van der Waals surface area contributed by atoms with E-state index in [0.29, 0.717) is 11.5 Å². The van der Waals surface area contributed by atoms with Crippen molar-refractivity contribution in [3.05, 3.63) is 47.6 Å². The van der Waals surface area contributed by atoms with Crippen molar-refractivity contribution in [2.24, 2.45) is 0 Å². The lowest BCUT2D eigenvalue weighted by molar-refractivity contribution is 0.248. The quantitative estimate of drug-likeness (QED) is 0.894. The van der Waals surface area contributed by atoms with E-state index >= 15 is 0 Å². The Balaban J connectivity index is 1.96. The largest absolute Gasteiger partial charge is 0.361 e. The van der Waals surface area contributed by atoms with Gasteiger partial charge >= 0.3 is 6.03 Å². The van der Waals surface area contributed by atoms with Crippen LogP contribution in [-0.2, 0) is 0 Å². The van der Waals surface area contributed by atoms with Gasteiger partial charge in [-0.3, -0.25) is 0 Å². The lowest BCUT2D eigenvalue weighted by Gasteiger charge is -2.12. The summed E-state index contributed by atoms with van der Waals surface area (Å²) < 4.78 is 18.3. The van der Waals surface area contributed by atoms with Gasteiger partial charge in [0.25, 0.3) is 0 Å². The highest BCUT2D eigenvalue weighted by Gasteiger charge is 2.14. The number of aromatic nitrogens is 1. The fraction of sp³-hybridized carbons (Fsp3) is 0.231. The molecule has 2 amide bonds. The van der Waals surface area contributed by atoms with Crippen LogP contribution >= 0.6 is 0 Å². The number of aryl methyl sites for hydroxylation is 1. The van der Waals surface area contributed by atoms with Crippen molar-refractivity contribution in [1.82, 2.24) is 10.5 Å². The third-order valence-electron chi connectivity index (χ3n) is 2.56. The number of benzene rings is 1. The van der Waals surface area contributed by atoms with Crippen molar-refractivity contribution in [2.45, 2.75) is 19.9 Å². The number of nitrogens with zero attached hydrogens (tertiary/aromatic N) is 1. The Morgan fingerprint density at radius 2 is 2.16 bits per heavy atom. The van der Waals surface area contributed by atoms with Gasteiger partial charge in [-0.15, -0.1) is 0 Å². The minimum atomic E-state index is -0.502. The second kappa shape index (κ2) is 5.51. The molecule has 0 fully saturated rings. The first-order valence-electron chi connectivity index (χ1n) is 5.81. The van der Waals surface area contributed by atoms with Crippen LogP contribution in [0, 0.1) is 12.7 Å². The summed E-state index contributed by atoms with van der Waals surface area (Å²) in [5.74, 6) is 0.181. The van der Waals surface area contributed by atoms with Crippen LogP contribution in [0.5, 0.6) is 0 Å². The molecule has 0 aliphatic heterocycles. The molecule has 100 valence electrons. The Hall–Kier alpha value is -2.37. The first-order valence-corrected chi connectivity index (χ1v) is 5.81. The second-order valence-electron chi connectivity index (χ2n) is 4.16. The summed E-state index contributed by atoms with van der Waals surface area (Å²) >= 11 is 0. The molecular formula is C13H14FN3O2. The Bertz CT molecular complexity index is 583. The zero-order valence-electron chi connectivity index (χ0n) is 10.6. The molecule has 1 aromatic heterocycles. The lowest BCUT2D eigenvalue weighted by atomic mass is 10.2. The number of amides is 2. The minimum absolute atomic E-state index is 0.128. The summed E-state index contributed by atoms with van der Waals surface area (Å²) in [6.45, 7) is 3.53. The highest BCUT2D eigenvalue weighted by atomic mass is 19.1. The van der Waals surface area contributed by atoms with Crippen LogP contribution in [0.25, 0.3) is 0 Å². The molecule has 5 nitrogen and oxygen atoms in total. The number of carbonyl (C=O) groups is 1. The van der Waals surface area contributed by atoms with Gasteiger partial charge in [-0.25, -0.2) is 9.18 Å². The summed E-state index contributed by atoms with van der Waals surface area (Å²) in [4.78, 5) is 11.7. The van der Waals surface area contributed by atoms with E-state index in [2.05, 4.69) is 15.8 Å². The molecule has 0 aliphatic carbocycles. The molecule has 2 N–H and O–H groups in total. The Labute approximate surface area is 109 Å². The second-order valence-corrected chi connectivity index (χ2v) is 4.16. The predicted molar refractivity (Wildman–Crippen MR) is 68.2 cm³/mol. The predicted octanol–water partition coefficient (Wildman–Crippen LogP) is 3.00. The highest BCUT2D eigenvalue weighted by Crippen LogP contribution is 2.14. The van der Waals surface area contributed by atoms with Crippen molar-refractivity contribution in [3.8, 4) is 0 Å². The van der Waals surface area contributed by atoms with Gasteiger partial charge in [0, 0.05) is 6.07 Å². The maximum absolute atomic E-state index is 13.3. The highest BCUT2D eigenvalue weighted by molar-refractivity contribution is 5.89. The van der Waals surface area contributed by atoms with Crippen LogP contribution < -0.4 is 10.6 Å².